The van der Waals surface area contributed by atoms with Gasteiger partial charge >= 0.3 is 0 Å². The molecule has 1 aromatic rings. The van der Waals surface area contributed by atoms with Gasteiger partial charge in [0.25, 0.3) is 0 Å². The second-order valence-electron chi connectivity index (χ2n) is 4.61. The van der Waals surface area contributed by atoms with Crippen LogP contribution in [0.25, 0.3) is 0 Å². The molecular formula is C14H17BrN2O3. The summed E-state index contributed by atoms with van der Waals surface area (Å²) in [5.41, 5.74) is 0.882. The van der Waals surface area contributed by atoms with Crippen molar-refractivity contribution in [1.82, 2.24) is 9.80 Å². The Bertz CT molecular complexity index is 533. The van der Waals surface area contributed by atoms with Crippen molar-refractivity contribution in [2.24, 2.45) is 0 Å². The number of halogens is 1. The maximum absolute atomic E-state index is 12.1. The number of hydrogen-bond donors (Lipinski definition) is 0. The third-order valence-corrected chi connectivity index (χ3v) is 3.84. The van der Waals surface area contributed by atoms with Crippen LogP contribution in [0, 0.1) is 0 Å². The van der Waals surface area contributed by atoms with Gasteiger partial charge < -0.3 is 14.5 Å². The quantitative estimate of drug-likeness (QED) is 0.837. The first-order valence-corrected chi connectivity index (χ1v) is 7.22. The van der Waals surface area contributed by atoms with Crippen molar-refractivity contribution >= 4 is 27.7 Å². The predicted octanol–water partition coefficient (Wildman–Crippen LogP) is 1.65. The van der Waals surface area contributed by atoms with E-state index in [1.165, 1.54) is 0 Å². The molecule has 6 heteroatoms. The van der Waals surface area contributed by atoms with Gasteiger partial charge in [-0.3, -0.25) is 9.59 Å². The molecule has 1 aromatic carbocycles. The smallest absolute Gasteiger partial charge is 0.242 e. The number of carbonyl (C=O) groups excluding carboxylic acids is 2. The van der Waals surface area contributed by atoms with Crippen LogP contribution in [0.15, 0.2) is 22.7 Å². The van der Waals surface area contributed by atoms with Crippen LogP contribution >= 0.6 is 15.9 Å². The Morgan fingerprint density at radius 2 is 1.85 bits per heavy atom. The molecule has 1 saturated heterocycles. The number of nitrogens with zero attached hydrogens (tertiary/aromatic N) is 2. The topological polar surface area (TPSA) is 49.9 Å². The molecule has 2 amide bonds. The second-order valence-corrected chi connectivity index (χ2v) is 5.53. The van der Waals surface area contributed by atoms with Crippen LogP contribution < -0.4 is 4.74 Å². The first kappa shape index (κ1) is 14.8. The highest BCUT2D eigenvalue weighted by molar-refractivity contribution is 9.10. The van der Waals surface area contributed by atoms with Crippen molar-refractivity contribution in [3.8, 4) is 5.75 Å². The Labute approximate surface area is 126 Å². The summed E-state index contributed by atoms with van der Waals surface area (Å²) in [5.74, 6) is 0.668. The fourth-order valence-corrected chi connectivity index (χ4v) is 2.62. The average Bonchev–Trinajstić information content (AvgIpc) is 2.42. The summed E-state index contributed by atoms with van der Waals surface area (Å²) >= 11 is 3.40. The van der Waals surface area contributed by atoms with Crippen LogP contribution in [0.2, 0.25) is 0 Å². The van der Waals surface area contributed by atoms with Crippen LogP contribution in [-0.2, 0) is 16.1 Å². The van der Waals surface area contributed by atoms with Crippen LogP contribution in [0.4, 0.5) is 0 Å². The monoisotopic (exact) mass is 340 g/mol. The Hall–Kier alpha value is -1.56. The summed E-state index contributed by atoms with van der Waals surface area (Å²) in [6.45, 7) is 3.11. The van der Waals surface area contributed by atoms with Crippen molar-refractivity contribution in [2.45, 2.75) is 13.5 Å². The lowest BCUT2D eigenvalue weighted by Crippen LogP contribution is -2.53. The van der Waals surface area contributed by atoms with Gasteiger partial charge in [0.15, 0.2) is 0 Å². The highest BCUT2D eigenvalue weighted by atomic mass is 79.9. The fraction of sp³-hybridized carbons (Fsp3) is 0.429. The van der Waals surface area contributed by atoms with Crippen LogP contribution in [0.1, 0.15) is 12.5 Å². The first-order valence-electron chi connectivity index (χ1n) is 6.43. The van der Waals surface area contributed by atoms with Gasteiger partial charge in [0.05, 0.1) is 13.7 Å². The number of ether oxygens (including phenoxy) is 1. The van der Waals surface area contributed by atoms with Gasteiger partial charge in [0.1, 0.15) is 12.3 Å². The van der Waals surface area contributed by atoms with Crippen molar-refractivity contribution in [3.63, 3.8) is 0 Å². The van der Waals surface area contributed by atoms with Crippen molar-refractivity contribution in [1.29, 1.82) is 0 Å². The third kappa shape index (κ3) is 3.12. The number of hydrogen-bond acceptors (Lipinski definition) is 3. The number of piperazine rings is 1. The van der Waals surface area contributed by atoms with Gasteiger partial charge in [-0.15, -0.1) is 0 Å². The van der Waals surface area contributed by atoms with E-state index in [9.17, 15) is 9.59 Å². The van der Waals surface area contributed by atoms with E-state index in [2.05, 4.69) is 15.9 Å². The molecule has 0 saturated carbocycles. The highest BCUT2D eigenvalue weighted by Crippen LogP contribution is 2.25. The molecule has 0 radical (unpaired) electrons. The molecule has 0 N–H and O–H groups in total. The van der Waals surface area contributed by atoms with E-state index < -0.39 is 0 Å². The van der Waals surface area contributed by atoms with Gasteiger partial charge in [-0.25, -0.2) is 0 Å². The molecule has 1 aliphatic heterocycles. The molecule has 1 heterocycles. The number of benzene rings is 1. The molecular weight excluding hydrogens is 324 g/mol. The van der Waals surface area contributed by atoms with E-state index in [1.54, 1.807) is 16.9 Å². The largest absolute Gasteiger partial charge is 0.496 e. The van der Waals surface area contributed by atoms with Gasteiger partial charge in [0.2, 0.25) is 11.8 Å². The lowest BCUT2D eigenvalue weighted by molar-refractivity contribution is -0.150. The van der Waals surface area contributed by atoms with E-state index >= 15 is 0 Å². The normalized spacial score (nSPS) is 15.8. The fourth-order valence-electron chi connectivity index (χ4n) is 2.21. The summed E-state index contributed by atoms with van der Waals surface area (Å²) in [6.07, 6.45) is 0. The molecule has 5 nitrogen and oxygen atoms in total. The summed E-state index contributed by atoms with van der Waals surface area (Å²) in [4.78, 5) is 27.1. The molecule has 0 aliphatic carbocycles. The highest BCUT2D eigenvalue weighted by Gasteiger charge is 2.29. The minimum atomic E-state index is -0.0338. The van der Waals surface area contributed by atoms with E-state index in [1.807, 2.05) is 25.1 Å². The van der Waals surface area contributed by atoms with E-state index in [0.717, 1.165) is 10.0 Å². The van der Waals surface area contributed by atoms with E-state index in [0.29, 0.717) is 18.8 Å². The SMILES string of the molecule is CCN1CC(=O)N(Cc2cc(Br)ccc2OC)CC1=O. The van der Waals surface area contributed by atoms with Crippen LogP contribution in [0.5, 0.6) is 5.75 Å². The van der Waals surface area contributed by atoms with E-state index in [-0.39, 0.29) is 24.9 Å². The van der Waals surface area contributed by atoms with Crippen LogP contribution in [-0.4, -0.2) is 48.4 Å². The van der Waals surface area contributed by atoms with Crippen molar-refractivity contribution in [3.05, 3.63) is 28.2 Å². The molecule has 0 aromatic heterocycles. The molecule has 108 valence electrons. The molecule has 2 rings (SSSR count). The Kier molecular flexibility index (Phi) is 4.65. The van der Waals surface area contributed by atoms with Crippen molar-refractivity contribution < 1.29 is 14.3 Å². The van der Waals surface area contributed by atoms with Gasteiger partial charge in [-0.2, -0.15) is 0 Å². The van der Waals surface area contributed by atoms with Crippen LogP contribution in [0.3, 0.4) is 0 Å². The molecule has 1 fully saturated rings. The standard InChI is InChI=1S/C14H17BrN2O3/c1-3-16-8-14(19)17(9-13(16)18)7-10-6-11(15)4-5-12(10)20-2/h4-6H,3,7-9H2,1-2H3. The minimum absolute atomic E-state index is 0.0129. The number of methoxy groups -OCH3 is 1. The second kappa shape index (κ2) is 6.26. The molecule has 0 bridgehead atoms. The Morgan fingerprint density at radius 1 is 1.20 bits per heavy atom. The molecule has 0 atom stereocenters. The maximum Gasteiger partial charge on any atom is 0.242 e. The summed E-state index contributed by atoms with van der Waals surface area (Å²) in [6, 6.07) is 5.63. The Morgan fingerprint density at radius 3 is 2.50 bits per heavy atom. The summed E-state index contributed by atoms with van der Waals surface area (Å²) < 4.78 is 6.21. The molecule has 0 spiro atoms. The number of carbonyl (C=O) groups is 2. The average molecular weight is 341 g/mol. The van der Waals surface area contributed by atoms with E-state index in [4.69, 9.17) is 4.74 Å². The summed E-state index contributed by atoms with van der Waals surface area (Å²) in [5, 5.41) is 0. The maximum atomic E-state index is 12.1. The third-order valence-electron chi connectivity index (χ3n) is 3.34. The molecule has 0 unspecified atom stereocenters. The Balaban J connectivity index is 2.16. The number of likely N-dealkylation sites (N-methyl/N-ethyl adjacent to an activating group) is 1. The van der Waals surface area contributed by atoms with Gasteiger partial charge in [-0.05, 0) is 25.1 Å². The number of amides is 2. The number of rotatable bonds is 4. The lowest BCUT2D eigenvalue weighted by Gasteiger charge is -2.33. The zero-order valence-corrected chi connectivity index (χ0v) is 13.1. The minimum Gasteiger partial charge on any atom is -0.496 e. The zero-order valence-electron chi connectivity index (χ0n) is 11.6. The molecule has 20 heavy (non-hydrogen) atoms. The molecule has 1 aliphatic rings. The summed E-state index contributed by atoms with van der Waals surface area (Å²) in [7, 11) is 1.59. The first-order chi connectivity index (χ1) is 9.55. The van der Waals surface area contributed by atoms with Gasteiger partial charge in [0, 0.05) is 23.1 Å². The van der Waals surface area contributed by atoms with Gasteiger partial charge in [-0.1, -0.05) is 15.9 Å². The van der Waals surface area contributed by atoms with Crippen molar-refractivity contribution in [2.75, 3.05) is 26.7 Å². The predicted molar refractivity (Wildman–Crippen MR) is 78.4 cm³/mol. The zero-order chi connectivity index (χ0) is 14.7. The lowest BCUT2D eigenvalue weighted by atomic mass is 10.1.